The van der Waals surface area contributed by atoms with E-state index in [1.807, 2.05) is 0 Å². The molecule has 0 aromatic carbocycles. The van der Waals surface area contributed by atoms with E-state index in [1.165, 1.54) is 12.3 Å². The molecule has 0 bridgehead atoms. The number of anilines is 1. The van der Waals surface area contributed by atoms with Gasteiger partial charge in [-0.2, -0.15) is 4.98 Å². The maximum atomic E-state index is 12.1. The Morgan fingerprint density at radius 3 is 2.65 bits per heavy atom. The highest BCUT2D eigenvalue weighted by Crippen LogP contribution is 2.58. The number of phosphoric acid groups is 1. The summed E-state index contributed by atoms with van der Waals surface area (Å²) in [6, 6.07) is 1.31. The van der Waals surface area contributed by atoms with Crippen molar-refractivity contribution in [3.8, 4) is 0 Å². The minimum Gasteiger partial charge on any atom is -0.478 e. The van der Waals surface area contributed by atoms with Crippen LogP contribution >= 0.6 is 7.82 Å². The predicted molar refractivity (Wildman–Crippen MR) is 101 cm³/mol. The van der Waals surface area contributed by atoms with E-state index in [0.29, 0.717) is 12.0 Å². The summed E-state index contributed by atoms with van der Waals surface area (Å²) in [5.74, 6) is -0.961. The topological polar surface area (TPSA) is 204 Å². The molecule has 8 atom stereocenters. The summed E-state index contributed by atoms with van der Waals surface area (Å²) < 4.78 is 28.4. The Kier molecular flexibility index (Phi) is 5.77. The lowest BCUT2D eigenvalue weighted by atomic mass is 10.1. The molecular weight excluding hydrogens is 437 g/mol. The molecule has 6 N–H and O–H groups in total. The molecule has 1 saturated heterocycles. The van der Waals surface area contributed by atoms with Crippen molar-refractivity contribution in [2.75, 3.05) is 18.9 Å². The lowest BCUT2D eigenvalue weighted by Crippen LogP contribution is -2.36. The molecule has 1 aromatic heterocycles. The first kappa shape index (κ1) is 22.1. The molecule has 14 heteroatoms. The van der Waals surface area contributed by atoms with E-state index in [4.69, 9.17) is 24.6 Å². The fraction of sp³-hybridized carbons (Fsp3) is 0.588. The van der Waals surface area contributed by atoms with Crippen LogP contribution in [0.1, 0.15) is 12.6 Å². The molecule has 31 heavy (non-hydrogen) atoms. The Hall–Kier alpha value is -2.12. The fourth-order valence-corrected chi connectivity index (χ4v) is 4.83. The van der Waals surface area contributed by atoms with E-state index >= 15 is 0 Å². The number of rotatable bonds is 8. The van der Waals surface area contributed by atoms with Crippen molar-refractivity contribution < 1.29 is 43.4 Å². The van der Waals surface area contributed by atoms with E-state index < -0.39 is 50.6 Å². The molecule has 1 aliphatic heterocycles. The molecule has 4 rings (SSSR count). The molecule has 0 amide bonds. The number of aliphatic carboxylic acids is 1. The minimum absolute atomic E-state index is 0.00817. The quantitative estimate of drug-likeness (QED) is 0.293. The van der Waals surface area contributed by atoms with E-state index in [1.54, 1.807) is 6.08 Å². The number of nitrogens with zero attached hydrogens (tertiary/aromatic N) is 2. The molecule has 0 spiro atoms. The molecule has 0 radical (unpaired) electrons. The summed E-state index contributed by atoms with van der Waals surface area (Å²) in [6.45, 7) is -0.668. The molecule has 2 fully saturated rings. The van der Waals surface area contributed by atoms with Crippen molar-refractivity contribution >= 4 is 19.6 Å². The first-order valence-electron chi connectivity index (χ1n) is 9.49. The number of allylic oxidation sites excluding steroid dienone is 1. The van der Waals surface area contributed by atoms with Gasteiger partial charge in [-0.1, -0.05) is 6.08 Å². The second-order valence-corrected chi connectivity index (χ2v) is 9.21. The number of carbonyl (C=O) groups is 1. The van der Waals surface area contributed by atoms with E-state index in [2.05, 4.69) is 4.98 Å². The molecular formula is C17H22N3O10P. The van der Waals surface area contributed by atoms with Gasteiger partial charge in [0, 0.05) is 11.8 Å². The number of nitrogens with two attached hydrogens (primary N) is 1. The van der Waals surface area contributed by atoms with Crippen LogP contribution < -0.4 is 11.4 Å². The SMILES string of the molecule is Nc1ccn([C@@H]2O[C@H](COP(=O)(O)OCC3C4C=C(C(=O)O)CC43)C(O)[C@@H]2O)c(=O)n1. The van der Waals surface area contributed by atoms with Gasteiger partial charge in [0.15, 0.2) is 6.23 Å². The van der Waals surface area contributed by atoms with Gasteiger partial charge in [-0.15, -0.1) is 0 Å². The summed E-state index contributed by atoms with van der Waals surface area (Å²) in [5, 5.41) is 29.3. The van der Waals surface area contributed by atoms with E-state index in [-0.39, 0.29) is 30.2 Å². The number of ether oxygens (including phenoxy) is 1. The highest BCUT2D eigenvalue weighted by Gasteiger charge is 2.54. The zero-order valence-electron chi connectivity index (χ0n) is 16.1. The van der Waals surface area contributed by atoms with Crippen LogP contribution in [0.25, 0.3) is 0 Å². The Morgan fingerprint density at radius 2 is 2.03 bits per heavy atom. The average molecular weight is 459 g/mol. The van der Waals surface area contributed by atoms with Gasteiger partial charge in [-0.05, 0) is 30.2 Å². The Balaban J connectivity index is 1.29. The van der Waals surface area contributed by atoms with Crippen molar-refractivity contribution in [3.63, 3.8) is 0 Å². The fourth-order valence-electron chi connectivity index (χ4n) is 4.06. The number of aromatic nitrogens is 2. The number of hydrogen-bond donors (Lipinski definition) is 5. The van der Waals surface area contributed by atoms with Crippen molar-refractivity contribution in [3.05, 3.63) is 34.4 Å². The number of aliphatic hydroxyl groups is 2. The molecule has 2 aliphatic carbocycles. The minimum atomic E-state index is -4.49. The van der Waals surface area contributed by atoms with E-state index in [9.17, 15) is 29.3 Å². The lowest BCUT2D eigenvalue weighted by molar-refractivity contribution is -0.132. The van der Waals surface area contributed by atoms with Crippen LogP contribution in [-0.4, -0.2) is 67.3 Å². The number of carboxylic acids is 1. The molecule has 1 aromatic rings. The summed E-state index contributed by atoms with van der Waals surface area (Å²) in [4.78, 5) is 36.2. The Bertz CT molecular complexity index is 1010. The number of phosphoric ester groups is 1. The Labute approximate surface area is 175 Å². The van der Waals surface area contributed by atoms with Crippen LogP contribution in [0.5, 0.6) is 0 Å². The van der Waals surface area contributed by atoms with Gasteiger partial charge < -0.3 is 30.7 Å². The monoisotopic (exact) mass is 459 g/mol. The highest BCUT2D eigenvalue weighted by molar-refractivity contribution is 7.47. The maximum absolute atomic E-state index is 12.1. The van der Waals surface area contributed by atoms with Gasteiger partial charge in [0.2, 0.25) is 0 Å². The van der Waals surface area contributed by atoms with Crippen molar-refractivity contribution in [2.24, 2.45) is 17.8 Å². The van der Waals surface area contributed by atoms with Crippen LogP contribution in [0.15, 0.2) is 28.7 Å². The smallest absolute Gasteiger partial charge is 0.472 e. The predicted octanol–water partition coefficient (Wildman–Crippen LogP) is -1.14. The van der Waals surface area contributed by atoms with Gasteiger partial charge >= 0.3 is 19.5 Å². The molecule has 1 saturated carbocycles. The second kappa shape index (κ2) is 8.10. The summed E-state index contributed by atoms with van der Waals surface area (Å²) in [7, 11) is -4.49. The van der Waals surface area contributed by atoms with Crippen LogP contribution in [-0.2, 0) is 23.1 Å². The van der Waals surface area contributed by atoms with Gasteiger partial charge in [0.05, 0.1) is 13.2 Å². The molecule has 2 heterocycles. The van der Waals surface area contributed by atoms with E-state index in [0.717, 1.165) is 4.57 Å². The average Bonchev–Trinajstić information content (AvgIpc) is 3.01. The van der Waals surface area contributed by atoms with Gasteiger partial charge in [0.25, 0.3) is 0 Å². The van der Waals surface area contributed by atoms with Crippen molar-refractivity contribution in [2.45, 2.75) is 31.0 Å². The number of nitrogen functional groups attached to an aromatic ring is 1. The number of fused-ring (bicyclic) bond motifs is 1. The van der Waals surface area contributed by atoms with Gasteiger partial charge in [0.1, 0.15) is 24.1 Å². The number of carboxylic acid groups (broad SMARTS) is 1. The number of hydrogen-bond acceptors (Lipinski definition) is 10. The molecule has 170 valence electrons. The second-order valence-electron chi connectivity index (χ2n) is 7.75. The summed E-state index contributed by atoms with van der Waals surface area (Å²) in [6.07, 6.45) is -2.24. The largest absolute Gasteiger partial charge is 0.478 e. The third-order valence-electron chi connectivity index (χ3n) is 5.82. The summed E-state index contributed by atoms with van der Waals surface area (Å²) >= 11 is 0. The first-order chi connectivity index (χ1) is 14.6. The maximum Gasteiger partial charge on any atom is 0.472 e. The first-order valence-corrected chi connectivity index (χ1v) is 11.0. The van der Waals surface area contributed by atoms with Crippen LogP contribution in [0.3, 0.4) is 0 Å². The van der Waals surface area contributed by atoms with Crippen LogP contribution in [0, 0.1) is 17.8 Å². The third kappa shape index (κ3) is 4.44. The molecule has 3 aliphatic rings. The van der Waals surface area contributed by atoms with Gasteiger partial charge in [-0.25, -0.2) is 14.2 Å². The zero-order valence-corrected chi connectivity index (χ0v) is 16.9. The zero-order chi connectivity index (χ0) is 22.5. The summed E-state index contributed by atoms with van der Waals surface area (Å²) in [5.41, 5.74) is 4.95. The van der Waals surface area contributed by atoms with Crippen LogP contribution in [0.2, 0.25) is 0 Å². The number of aliphatic hydroxyl groups excluding tert-OH is 2. The lowest BCUT2D eigenvalue weighted by Gasteiger charge is -2.18. The van der Waals surface area contributed by atoms with Crippen LogP contribution in [0.4, 0.5) is 5.82 Å². The van der Waals surface area contributed by atoms with Gasteiger partial charge in [-0.3, -0.25) is 13.6 Å². The standard InChI is InChI=1S/C17H22N3O10P/c18-12-1-2-20(17(25)19-12)15-14(22)13(21)11(30-15)6-29-31(26,27)28-5-10-8-3-7(16(23)24)4-9(8)10/h1-3,8-11,13-15,21-22H,4-6H2,(H,23,24)(H,26,27)(H2,18,19,25)/t8?,9?,10?,11-,13?,14+,15-/m1/s1. The highest BCUT2D eigenvalue weighted by atomic mass is 31.2. The third-order valence-corrected chi connectivity index (χ3v) is 6.77. The van der Waals surface area contributed by atoms with Crippen molar-refractivity contribution in [1.29, 1.82) is 0 Å². The van der Waals surface area contributed by atoms with Crippen molar-refractivity contribution in [1.82, 2.24) is 9.55 Å². The molecule has 13 nitrogen and oxygen atoms in total. The molecule has 5 unspecified atom stereocenters. The Morgan fingerprint density at radius 1 is 1.32 bits per heavy atom. The normalized spacial score (nSPS) is 36.0.